The number of benzene rings is 8. The summed E-state index contributed by atoms with van der Waals surface area (Å²) < 4.78 is 0. The third kappa shape index (κ3) is 5.65. The minimum absolute atomic E-state index is 0.205. The van der Waals surface area contributed by atoms with Gasteiger partial charge < -0.3 is 5.41 Å². The highest BCUT2D eigenvalue weighted by Gasteiger charge is 2.55. The molecule has 2 unspecified atom stereocenters. The smallest absolute Gasteiger partial charge is 0.0991 e. The lowest BCUT2D eigenvalue weighted by Gasteiger charge is -2.16. The molecule has 0 amide bonds. The van der Waals surface area contributed by atoms with Crippen molar-refractivity contribution in [3.8, 4) is 28.3 Å². The fourth-order valence-corrected chi connectivity index (χ4v) is 7.93. The molecule has 1 fully saturated rings. The van der Waals surface area contributed by atoms with Gasteiger partial charge in [0.1, 0.15) is 0 Å². The Hall–Kier alpha value is -6.63. The van der Waals surface area contributed by atoms with Gasteiger partial charge in [0.05, 0.1) is 17.2 Å². The van der Waals surface area contributed by atoms with Crippen LogP contribution in [0.25, 0.3) is 54.6 Å². The van der Waals surface area contributed by atoms with Gasteiger partial charge in [0, 0.05) is 11.9 Å². The molecular formula is C49H35N3. The number of hydrogen-bond donors (Lipinski definition) is 1. The molecule has 8 aromatic carbocycles. The van der Waals surface area contributed by atoms with Crippen molar-refractivity contribution < 1.29 is 0 Å². The second kappa shape index (κ2) is 12.9. The summed E-state index contributed by atoms with van der Waals surface area (Å²) in [5.41, 5.74) is 8.41. The van der Waals surface area contributed by atoms with Crippen molar-refractivity contribution in [1.82, 2.24) is 0 Å². The van der Waals surface area contributed by atoms with Crippen LogP contribution in [-0.4, -0.2) is 11.9 Å². The monoisotopic (exact) mass is 665 g/mol. The van der Waals surface area contributed by atoms with E-state index in [9.17, 15) is 10.7 Å². The van der Waals surface area contributed by atoms with Gasteiger partial charge in [-0.1, -0.05) is 146 Å². The predicted molar refractivity (Wildman–Crippen MR) is 216 cm³/mol. The fourth-order valence-electron chi connectivity index (χ4n) is 7.93. The van der Waals surface area contributed by atoms with Crippen molar-refractivity contribution >= 4 is 44.2 Å². The molecule has 0 radical (unpaired) electrons. The molecule has 0 heterocycles. The molecular weight excluding hydrogens is 631 g/mol. The number of aliphatic imine (C=N–C) groups is 1. The molecule has 1 N–H and O–H groups in total. The van der Waals surface area contributed by atoms with Gasteiger partial charge in [0.25, 0.3) is 0 Å². The lowest BCUT2D eigenvalue weighted by Crippen LogP contribution is -2.11. The number of nitriles is 1. The van der Waals surface area contributed by atoms with Crippen LogP contribution in [0.4, 0.5) is 0 Å². The average molecular weight is 666 g/mol. The van der Waals surface area contributed by atoms with Crippen LogP contribution in [0, 0.1) is 22.7 Å². The minimum Gasteiger partial charge on any atom is -0.305 e. The predicted octanol–water partition coefficient (Wildman–Crippen LogP) is 12.1. The molecule has 0 aromatic heterocycles. The third-order valence-corrected chi connectivity index (χ3v) is 10.8. The summed E-state index contributed by atoms with van der Waals surface area (Å²) in [6.45, 7) is 0. The van der Waals surface area contributed by atoms with Crippen molar-refractivity contribution in [2.75, 3.05) is 0 Å². The van der Waals surface area contributed by atoms with Crippen molar-refractivity contribution in [3.63, 3.8) is 0 Å². The largest absolute Gasteiger partial charge is 0.305 e. The first-order valence-corrected chi connectivity index (χ1v) is 17.8. The molecule has 246 valence electrons. The van der Waals surface area contributed by atoms with E-state index in [0.717, 1.165) is 45.4 Å². The summed E-state index contributed by atoms with van der Waals surface area (Å²) in [6, 6.07) is 61.4. The number of hydrogen-bond acceptors (Lipinski definition) is 3. The van der Waals surface area contributed by atoms with Gasteiger partial charge in [-0.2, -0.15) is 5.26 Å². The average Bonchev–Trinajstić information content (AvgIpc) is 3.93. The Balaban J connectivity index is 1.02. The summed E-state index contributed by atoms with van der Waals surface area (Å²) in [7, 11) is 0. The van der Waals surface area contributed by atoms with Crippen molar-refractivity contribution in [2.45, 2.75) is 18.4 Å². The van der Waals surface area contributed by atoms with E-state index in [1.165, 1.54) is 32.3 Å². The molecule has 8 aromatic rings. The molecule has 3 heteroatoms. The van der Waals surface area contributed by atoms with Gasteiger partial charge in [0.15, 0.2) is 0 Å². The second-order valence-electron chi connectivity index (χ2n) is 13.9. The second-order valence-corrected chi connectivity index (χ2v) is 13.9. The first kappa shape index (κ1) is 31.4. The molecule has 2 atom stereocenters. The van der Waals surface area contributed by atoms with Gasteiger partial charge in [-0.15, -0.1) is 0 Å². The van der Waals surface area contributed by atoms with E-state index in [1.54, 1.807) is 0 Å². The SMILES string of the molecule is N#Cc1cccc(-c2ccc(C3(/N=C/c4ccccc4)CC3CC(=N)c3cccc(-c4ccc5c6ccccc6c6ccccc6c5c4)c3)cc2)c1. The summed E-state index contributed by atoms with van der Waals surface area (Å²) in [4.78, 5) is 5.24. The summed E-state index contributed by atoms with van der Waals surface area (Å²) in [6.07, 6.45) is 3.50. The normalized spacial score (nSPS) is 16.7. The van der Waals surface area contributed by atoms with Crippen molar-refractivity contribution in [3.05, 3.63) is 192 Å². The van der Waals surface area contributed by atoms with Crippen LogP contribution in [0.15, 0.2) is 175 Å². The van der Waals surface area contributed by atoms with Crippen LogP contribution >= 0.6 is 0 Å². The molecule has 0 spiro atoms. The summed E-state index contributed by atoms with van der Waals surface area (Å²) >= 11 is 0. The maximum atomic E-state index is 9.40. The fraction of sp³-hybridized carbons (Fsp3) is 0.0816. The van der Waals surface area contributed by atoms with Gasteiger partial charge in [-0.25, -0.2) is 0 Å². The van der Waals surface area contributed by atoms with Crippen LogP contribution in [-0.2, 0) is 5.54 Å². The lowest BCUT2D eigenvalue weighted by atomic mass is 9.91. The third-order valence-electron chi connectivity index (χ3n) is 10.8. The van der Waals surface area contributed by atoms with Crippen molar-refractivity contribution in [1.29, 1.82) is 10.7 Å². The zero-order valence-corrected chi connectivity index (χ0v) is 28.6. The lowest BCUT2D eigenvalue weighted by molar-refractivity contribution is 0.649. The Morgan fingerprint density at radius 3 is 1.87 bits per heavy atom. The van der Waals surface area contributed by atoms with E-state index >= 15 is 0 Å². The Kier molecular flexibility index (Phi) is 7.79. The highest BCUT2D eigenvalue weighted by molar-refractivity contribution is 6.25. The van der Waals surface area contributed by atoms with Crippen LogP contribution < -0.4 is 0 Å². The zero-order chi connectivity index (χ0) is 35.1. The number of rotatable bonds is 8. The number of fused-ring (bicyclic) bond motifs is 6. The topological polar surface area (TPSA) is 60.0 Å². The highest BCUT2D eigenvalue weighted by Crippen LogP contribution is 2.57. The molecule has 1 saturated carbocycles. The van der Waals surface area contributed by atoms with Crippen molar-refractivity contribution in [2.24, 2.45) is 10.9 Å². The van der Waals surface area contributed by atoms with Crippen LogP contribution in [0.1, 0.15) is 35.1 Å². The molecule has 0 saturated heterocycles. The Bertz CT molecular complexity index is 2680. The van der Waals surface area contributed by atoms with E-state index in [-0.39, 0.29) is 5.92 Å². The van der Waals surface area contributed by atoms with Crippen LogP contribution in [0.3, 0.4) is 0 Å². The van der Waals surface area contributed by atoms with Gasteiger partial charge in [-0.3, -0.25) is 4.99 Å². The van der Waals surface area contributed by atoms with E-state index < -0.39 is 5.54 Å². The Labute approximate surface area is 303 Å². The van der Waals surface area contributed by atoms with E-state index in [1.807, 2.05) is 48.7 Å². The number of nitrogens with one attached hydrogen (secondary N) is 1. The van der Waals surface area contributed by atoms with Crippen LogP contribution in [0.5, 0.6) is 0 Å². The van der Waals surface area contributed by atoms with Crippen LogP contribution in [0.2, 0.25) is 0 Å². The molecule has 1 aliphatic rings. The Morgan fingerprint density at radius 1 is 0.596 bits per heavy atom. The zero-order valence-electron chi connectivity index (χ0n) is 28.6. The standard InChI is InChI=1S/C49H35N3/c50-31-34-12-8-13-36(26-34)35-20-23-40(24-21-35)49(52-32-33-10-2-1-3-11-33)30-41(49)29-48(51)39-15-9-14-37(27-39)38-22-25-46-44-18-5-4-16-42(44)43-17-6-7-19-45(43)47(46)28-38/h1-28,32,41,51H,29-30H2/b51-48?,52-32+. The highest BCUT2D eigenvalue weighted by atomic mass is 14.9. The van der Waals surface area contributed by atoms with E-state index in [2.05, 4.69) is 133 Å². The molecule has 0 bridgehead atoms. The van der Waals surface area contributed by atoms with E-state index in [0.29, 0.717) is 17.7 Å². The molecule has 1 aliphatic carbocycles. The minimum atomic E-state index is -0.394. The maximum absolute atomic E-state index is 9.40. The molecule has 9 rings (SSSR count). The Morgan fingerprint density at radius 2 is 1.17 bits per heavy atom. The van der Waals surface area contributed by atoms with Gasteiger partial charge in [0.2, 0.25) is 0 Å². The first-order chi connectivity index (χ1) is 25.6. The molecule has 3 nitrogen and oxygen atoms in total. The van der Waals surface area contributed by atoms with Gasteiger partial charge >= 0.3 is 0 Å². The quantitative estimate of drug-likeness (QED) is 0.127. The maximum Gasteiger partial charge on any atom is 0.0991 e. The first-order valence-electron chi connectivity index (χ1n) is 17.8. The molecule has 0 aliphatic heterocycles. The molecule has 52 heavy (non-hydrogen) atoms. The number of nitrogens with zero attached hydrogens (tertiary/aromatic N) is 2. The van der Waals surface area contributed by atoms with Gasteiger partial charge in [-0.05, 0) is 114 Å². The summed E-state index contributed by atoms with van der Waals surface area (Å²) in [5.74, 6) is 0.205. The summed E-state index contributed by atoms with van der Waals surface area (Å²) in [5, 5.41) is 26.3. The van der Waals surface area contributed by atoms with E-state index in [4.69, 9.17) is 4.99 Å².